The van der Waals surface area contributed by atoms with Gasteiger partial charge in [-0.1, -0.05) is 6.92 Å². The van der Waals surface area contributed by atoms with Crippen molar-refractivity contribution < 1.29 is 0 Å². The van der Waals surface area contributed by atoms with Crippen LogP contribution >= 0.6 is 11.3 Å². The molecule has 1 aliphatic carbocycles. The summed E-state index contributed by atoms with van der Waals surface area (Å²) in [5.41, 5.74) is 5.03. The van der Waals surface area contributed by atoms with E-state index in [4.69, 9.17) is 9.97 Å². The molecule has 4 heteroatoms. The average Bonchev–Trinajstić information content (AvgIpc) is 3.03. The number of anilines is 1. The molecule has 0 saturated heterocycles. The SMILES string of the molecule is CCCNc1nc(-c2cscc2C)nc2c1CCC2. The van der Waals surface area contributed by atoms with Crippen LogP contribution in [0.1, 0.15) is 36.6 Å². The van der Waals surface area contributed by atoms with Crippen LogP contribution in [0.3, 0.4) is 0 Å². The van der Waals surface area contributed by atoms with Crippen molar-refractivity contribution in [2.75, 3.05) is 11.9 Å². The summed E-state index contributed by atoms with van der Waals surface area (Å²) in [4.78, 5) is 9.55. The van der Waals surface area contributed by atoms with Gasteiger partial charge < -0.3 is 5.32 Å². The summed E-state index contributed by atoms with van der Waals surface area (Å²) in [7, 11) is 0. The fraction of sp³-hybridized carbons (Fsp3) is 0.467. The molecular weight excluding hydrogens is 254 g/mol. The summed E-state index contributed by atoms with van der Waals surface area (Å²) in [5, 5.41) is 7.78. The van der Waals surface area contributed by atoms with Crippen molar-refractivity contribution in [3.8, 4) is 11.4 Å². The van der Waals surface area contributed by atoms with Gasteiger partial charge in [-0.15, -0.1) is 0 Å². The van der Waals surface area contributed by atoms with E-state index in [-0.39, 0.29) is 0 Å². The van der Waals surface area contributed by atoms with Crippen molar-refractivity contribution in [2.24, 2.45) is 0 Å². The number of aromatic nitrogens is 2. The number of hydrogen-bond donors (Lipinski definition) is 1. The normalized spacial score (nSPS) is 13.6. The molecule has 1 aliphatic rings. The van der Waals surface area contributed by atoms with Gasteiger partial charge in [-0.3, -0.25) is 0 Å². The third-order valence-corrected chi connectivity index (χ3v) is 4.43. The molecule has 0 fully saturated rings. The quantitative estimate of drug-likeness (QED) is 0.920. The van der Waals surface area contributed by atoms with Gasteiger partial charge in [0.2, 0.25) is 0 Å². The maximum atomic E-state index is 4.78. The molecule has 2 aromatic heterocycles. The summed E-state index contributed by atoms with van der Waals surface area (Å²) >= 11 is 1.72. The summed E-state index contributed by atoms with van der Waals surface area (Å²) in [6.07, 6.45) is 4.53. The van der Waals surface area contributed by atoms with Crippen LogP contribution in [-0.2, 0) is 12.8 Å². The standard InChI is InChI=1S/C15H19N3S/c1-3-7-16-14-11-5-4-6-13(11)17-15(18-14)12-9-19-8-10(12)2/h8-9H,3-7H2,1-2H3,(H,16,17,18). The van der Waals surface area contributed by atoms with Crippen molar-refractivity contribution in [1.82, 2.24) is 9.97 Å². The molecule has 3 nitrogen and oxygen atoms in total. The zero-order valence-corrected chi connectivity index (χ0v) is 12.3. The molecule has 0 aliphatic heterocycles. The second-order valence-electron chi connectivity index (χ2n) is 5.07. The van der Waals surface area contributed by atoms with Crippen LogP contribution in [0.25, 0.3) is 11.4 Å². The first-order valence-electron chi connectivity index (χ1n) is 6.96. The van der Waals surface area contributed by atoms with Gasteiger partial charge in [0.1, 0.15) is 5.82 Å². The highest BCUT2D eigenvalue weighted by molar-refractivity contribution is 7.08. The van der Waals surface area contributed by atoms with Crippen LogP contribution in [0, 0.1) is 6.92 Å². The van der Waals surface area contributed by atoms with Gasteiger partial charge in [0.15, 0.2) is 5.82 Å². The van der Waals surface area contributed by atoms with E-state index in [1.807, 2.05) is 0 Å². The van der Waals surface area contributed by atoms with Gasteiger partial charge in [0.05, 0.1) is 0 Å². The predicted octanol–water partition coefficient (Wildman–Crippen LogP) is 3.82. The molecule has 1 N–H and O–H groups in total. The number of rotatable bonds is 4. The molecule has 0 aromatic carbocycles. The highest BCUT2D eigenvalue weighted by Gasteiger charge is 2.20. The molecule has 0 saturated carbocycles. The van der Waals surface area contributed by atoms with Crippen molar-refractivity contribution >= 4 is 17.2 Å². The third kappa shape index (κ3) is 2.37. The van der Waals surface area contributed by atoms with Crippen molar-refractivity contribution in [3.63, 3.8) is 0 Å². The molecule has 0 atom stereocenters. The van der Waals surface area contributed by atoms with E-state index < -0.39 is 0 Å². The average molecular weight is 273 g/mol. The zero-order chi connectivity index (χ0) is 13.2. The minimum Gasteiger partial charge on any atom is -0.370 e. The summed E-state index contributed by atoms with van der Waals surface area (Å²) in [6, 6.07) is 0. The van der Waals surface area contributed by atoms with E-state index in [1.54, 1.807) is 11.3 Å². The Morgan fingerprint density at radius 2 is 2.16 bits per heavy atom. The smallest absolute Gasteiger partial charge is 0.162 e. The van der Waals surface area contributed by atoms with E-state index in [0.29, 0.717) is 0 Å². The molecule has 100 valence electrons. The van der Waals surface area contributed by atoms with Crippen LogP contribution in [0.2, 0.25) is 0 Å². The molecule has 0 amide bonds. The summed E-state index contributed by atoms with van der Waals surface area (Å²) in [6.45, 7) is 5.28. The lowest BCUT2D eigenvalue weighted by Gasteiger charge is -2.11. The third-order valence-electron chi connectivity index (χ3n) is 3.57. The monoisotopic (exact) mass is 273 g/mol. The van der Waals surface area contributed by atoms with Gasteiger partial charge in [-0.2, -0.15) is 11.3 Å². The van der Waals surface area contributed by atoms with Crippen LogP contribution < -0.4 is 5.32 Å². The van der Waals surface area contributed by atoms with Crippen molar-refractivity contribution in [3.05, 3.63) is 27.6 Å². The lowest BCUT2D eigenvalue weighted by Crippen LogP contribution is -2.08. The Labute approximate surface area is 118 Å². The summed E-state index contributed by atoms with van der Waals surface area (Å²) in [5.74, 6) is 1.95. The first-order chi connectivity index (χ1) is 9.29. The number of hydrogen-bond acceptors (Lipinski definition) is 4. The maximum Gasteiger partial charge on any atom is 0.162 e. The van der Waals surface area contributed by atoms with E-state index >= 15 is 0 Å². The highest BCUT2D eigenvalue weighted by atomic mass is 32.1. The van der Waals surface area contributed by atoms with Gasteiger partial charge in [0, 0.05) is 28.7 Å². The van der Waals surface area contributed by atoms with Crippen LogP contribution in [0.15, 0.2) is 10.8 Å². The fourth-order valence-electron chi connectivity index (χ4n) is 2.53. The minimum absolute atomic E-state index is 0.887. The van der Waals surface area contributed by atoms with Gasteiger partial charge in [-0.05, 0) is 43.6 Å². The molecule has 0 spiro atoms. The second kappa shape index (κ2) is 5.29. The van der Waals surface area contributed by atoms with Crippen LogP contribution in [0.4, 0.5) is 5.82 Å². The molecule has 3 rings (SSSR count). The van der Waals surface area contributed by atoms with Crippen LogP contribution in [-0.4, -0.2) is 16.5 Å². The van der Waals surface area contributed by atoms with Gasteiger partial charge in [0.25, 0.3) is 0 Å². The second-order valence-corrected chi connectivity index (χ2v) is 5.81. The molecule has 2 aromatic rings. The zero-order valence-electron chi connectivity index (χ0n) is 11.5. The number of fused-ring (bicyclic) bond motifs is 1. The topological polar surface area (TPSA) is 37.8 Å². The van der Waals surface area contributed by atoms with E-state index in [1.165, 1.54) is 28.8 Å². The predicted molar refractivity (Wildman–Crippen MR) is 80.9 cm³/mol. The van der Waals surface area contributed by atoms with Crippen LogP contribution in [0.5, 0.6) is 0 Å². The lowest BCUT2D eigenvalue weighted by atomic mass is 10.2. The Hall–Kier alpha value is -1.42. The molecule has 2 heterocycles. The molecule has 19 heavy (non-hydrogen) atoms. The maximum absolute atomic E-state index is 4.78. The molecule has 0 radical (unpaired) electrons. The van der Waals surface area contributed by atoms with E-state index in [2.05, 4.69) is 29.9 Å². The first kappa shape index (κ1) is 12.6. The van der Waals surface area contributed by atoms with Crippen molar-refractivity contribution in [1.29, 1.82) is 0 Å². The first-order valence-corrected chi connectivity index (χ1v) is 7.90. The summed E-state index contributed by atoms with van der Waals surface area (Å²) < 4.78 is 0. The number of nitrogens with zero attached hydrogens (tertiary/aromatic N) is 2. The fourth-order valence-corrected chi connectivity index (χ4v) is 3.36. The number of nitrogens with one attached hydrogen (secondary N) is 1. The number of aryl methyl sites for hydroxylation is 2. The Morgan fingerprint density at radius 3 is 2.89 bits per heavy atom. The highest BCUT2D eigenvalue weighted by Crippen LogP contribution is 2.31. The minimum atomic E-state index is 0.887. The van der Waals surface area contributed by atoms with Crippen molar-refractivity contribution in [2.45, 2.75) is 39.5 Å². The lowest BCUT2D eigenvalue weighted by molar-refractivity contribution is 0.899. The van der Waals surface area contributed by atoms with Gasteiger partial charge in [-0.25, -0.2) is 9.97 Å². The van der Waals surface area contributed by atoms with E-state index in [9.17, 15) is 0 Å². The van der Waals surface area contributed by atoms with Gasteiger partial charge >= 0.3 is 0 Å². The molecule has 0 unspecified atom stereocenters. The van der Waals surface area contributed by atoms with E-state index in [0.717, 1.165) is 37.4 Å². The number of thiophene rings is 1. The largest absolute Gasteiger partial charge is 0.370 e. The molecular formula is C15H19N3S. The Balaban J connectivity index is 2.05. The Bertz CT molecular complexity index is 589. The molecule has 0 bridgehead atoms. The Morgan fingerprint density at radius 1 is 1.26 bits per heavy atom. The Kier molecular flexibility index (Phi) is 3.51.